The van der Waals surface area contributed by atoms with Crippen molar-refractivity contribution in [2.24, 2.45) is 5.92 Å². The Morgan fingerprint density at radius 2 is 1.59 bits per heavy atom. The molecule has 2 aromatic rings. The lowest BCUT2D eigenvalue weighted by atomic mass is 9.77. The van der Waals surface area contributed by atoms with Crippen LogP contribution in [0.3, 0.4) is 0 Å². The zero-order valence-electron chi connectivity index (χ0n) is 16.3. The molecule has 1 saturated carbocycles. The van der Waals surface area contributed by atoms with Gasteiger partial charge in [-0.3, -0.25) is 0 Å². The minimum atomic E-state index is -0.537. The molecule has 0 aliphatic heterocycles. The van der Waals surface area contributed by atoms with Gasteiger partial charge < -0.3 is 0 Å². The summed E-state index contributed by atoms with van der Waals surface area (Å²) in [6, 6.07) is 10.5. The summed E-state index contributed by atoms with van der Waals surface area (Å²) in [7, 11) is 0. The van der Waals surface area contributed by atoms with Gasteiger partial charge in [0.1, 0.15) is 11.6 Å². The summed E-state index contributed by atoms with van der Waals surface area (Å²) in [5.41, 5.74) is 2.40. The molecule has 1 aliphatic carbocycles. The van der Waals surface area contributed by atoms with E-state index in [0.29, 0.717) is 17.0 Å². The molecule has 0 bridgehead atoms. The van der Waals surface area contributed by atoms with Gasteiger partial charge >= 0.3 is 0 Å². The fourth-order valence-corrected chi connectivity index (χ4v) is 4.38. The third-order valence-corrected chi connectivity index (χ3v) is 6.03. The molecule has 0 amide bonds. The van der Waals surface area contributed by atoms with Gasteiger partial charge in [-0.25, -0.2) is 8.78 Å². The lowest BCUT2D eigenvalue weighted by Crippen LogP contribution is -2.13. The Balaban J connectivity index is 1.66. The Morgan fingerprint density at radius 3 is 2.15 bits per heavy atom. The van der Waals surface area contributed by atoms with Crippen LogP contribution in [0.15, 0.2) is 43.0 Å². The quantitative estimate of drug-likeness (QED) is 0.433. The molecule has 2 heteroatoms. The molecule has 0 nitrogen and oxygen atoms in total. The first-order chi connectivity index (χ1) is 13.1. The number of unbranched alkanes of at least 4 members (excludes halogenated alkanes) is 2. The molecule has 0 unspecified atom stereocenters. The van der Waals surface area contributed by atoms with Crippen LogP contribution in [0.25, 0.3) is 17.2 Å². The van der Waals surface area contributed by atoms with Crippen molar-refractivity contribution in [1.29, 1.82) is 0 Å². The van der Waals surface area contributed by atoms with Crippen LogP contribution in [-0.4, -0.2) is 0 Å². The first-order valence-corrected chi connectivity index (χ1v) is 10.3. The van der Waals surface area contributed by atoms with Crippen LogP contribution in [0.4, 0.5) is 8.78 Å². The molecular formula is C25H30F2. The highest BCUT2D eigenvalue weighted by Crippen LogP contribution is 2.38. The van der Waals surface area contributed by atoms with Gasteiger partial charge in [0.2, 0.25) is 0 Å². The van der Waals surface area contributed by atoms with E-state index >= 15 is 0 Å². The molecule has 0 aromatic heterocycles. The molecule has 0 spiro atoms. The minimum absolute atomic E-state index is 0.0479. The van der Waals surface area contributed by atoms with E-state index in [9.17, 15) is 8.78 Å². The summed E-state index contributed by atoms with van der Waals surface area (Å²) < 4.78 is 28.6. The summed E-state index contributed by atoms with van der Waals surface area (Å²) in [4.78, 5) is 0. The Morgan fingerprint density at radius 1 is 0.963 bits per heavy atom. The molecule has 2 aromatic carbocycles. The topological polar surface area (TPSA) is 0 Å². The minimum Gasteiger partial charge on any atom is -0.206 e. The highest BCUT2D eigenvalue weighted by Gasteiger charge is 2.22. The van der Waals surface area contributed by atoms with Crippen molar-refractivity contribution in [2.45, 2.75) is 64.2 Å². The van der Waals surface area contributed by atoms with Crippen molar-refractivity contribution in [3.63, 3.8) is 0 Å². The van der Waals surface area contributed by atoms with Crippen molar-refractivity contribution >= 4 is 6.08 Å². The highest BCUT2D eigenvalue weighted by molar-refractivity contribution is 5.67. The Kier molecular flexibility index (Phi) is 6.82. The lowest BCUT2D eigenvalue weighted by Gasteiger charge is -2.29. The van der Waals surface area contributed by atoms with Crippen LogP contribution in [0.2, 0.25) is 0 Å². The monoisotopic (exact) mass is 368 g/mol. The van der Waals surface area contributed by atoms with Crippen LogP contribution < -0.4 is 0 Å². The van der Waals surface area contributed by atoms with Gasteiger partial charge in [0.05, 0.1) is 5.56 Å². The lowest BCUT2D eigenvalue weighted by molar-refractivity contribution is 0.303. The SMILES string of the molecule is C=Cc1cc(F)c(-c2ccc(C3CCC(CCCCC)CC3)cc2)c(F)c1. The Bertz CT molecular complexity index is 729. The normalized spacial score (nSPS) is 19.8. The van der Waals surface area contributed by atoms with Crippen LogP contribution in [0.1, 0.15) is 75.3 Å². The van der Waals surface area contributed by atoms with Crippen molar-refractivity contribution in [1.82, 2.24) is 0 Å². The predicted octanol–water partition coefficient (Wildman–Crippen LogP) is 8.13. The zero-order chi connectivity index (χ0) is 19.2. The van der Waals surface area contributed by atoms with Gasteiger partial charge in [0, 0.05) is 0 Å². The Hall–Kier alpha value is -1.96. The summed E-state index contributed by atoms with van der Waals surface area (Å²) in [5.74, 6) is 0.397. The molecule has 1 fully saturated rings. The average molecular weight is 369 g/mol. The van der Waals surface area contributed by atoms with Crippen LogP contribution >= 0.6 is 0 Å². The van der Waals surface area contributed by atoms with E-state index in [0.717, 1.165) is 5.92 Å². The van der Waals surface area contributed by atoms with Gasteiger partial charge in [-0.05, 0) is 66.3 Å². The maximum absolute atomic E-state index is 14.3. The Labute approximate surface area is 162 Å². The van der Waals surface area contributed by atoms with Gasteiger partial charge in [0.15, 0.2) is 0 Å². The molecule has 0 heterocycles. The number of benzene rings is 2. The maximum Gasteiger partial charge on any atom is 0.134 e. The summed E-state index contributed by atoms with van der Waals surface area (Å²) >= 11 is 0. The van der Waals surface area contributed by atoms with E-state index in [1.54, 1.807) is 0 Å². The van der Waals surface area contributed by atoms with E-state index in [1.807, 2.05) is 12.1 Å². The standard InChI is InChI=1S/C25H30F2/c1-3-5-6-7-19-8-10-20(11-9-19)21-12-14-22(15-13-21)25-23(26)16-18(4-2)17-24(25)27/h4,12-17,19-20H,2-3,5-11H2,1H3. The second-order valence-electron chi connectivity index (χ2n) is 7.90. The molecule has 0 N–H and O–H groups in total. The second kappa shape index (κ2) is 9.30. The maximum atomic E-state index is 14.3. The van der Waals surface area contributed by atoms with Crippen molar-refractivity contribution in [2.75, 3.05) is 0 Å². The van der Waals surface area contributed by atoms with Gasteiger partial charge in [-0.15, -0.1) is 0 Å². The van der Waals surface area contributed by atoms with Gasteiger partial charge in [-0.2, -0.15) is 0 Å². The van der Waals surface area contributed by atoms with Crippen LogP contribution in [0, 0.1) is 17.6 Å². The molecule has 144 valence electrons. The van der Waals surface area contributed by atoms with Gasteiger partial charge in [-0.1, -0.05) is 69.5 Å². The number of rotatable bonds is 7. The molecule has 3 rings (SSSR count). The first kappa shape index (κ1) is 19.8. The molecule has 0 saturated heterocycles. The van der Waals surface area contributed by atoms with Crippen molar-refractivity contribution in [3.05, 3.63) is 65.7 Å². The molecular weight excluding hydrogens is 338 g/mol. The van der Waals surface area contributed by atoms with Crippen molar-refractivity contribution < 1.29 is 8.78 Å². The highest BCUT2D eigenvalue weighted by atomic mass is 19.1. The second-order valence-corrected chi connectivity index (χ2v) is 7.90. The van der Waals surface area contributed by atoms with E-state index in [4.69, 9.17) is 0 Å². The predicted molar refractivity (Wildman–Crippen MR) is 111 cm³/mol. The van der Waals surface area contributed by atoms with Gasteiger partial charge in [0.25, 0.3) is 0 Å². The molecule has 0 atom stereocenters. The van der Waals surface area contributed by atoms with E-state index < -0.39 is 11.6 Å². The van der Waals surface area contributed by atoms with Crippen LogP contribution in [0.5, 0.6) is 0 Å². The smallest absolute Gasteiger partial charge is 0.134 e. The third kappa shape index (κ3) is 4.86. The average Bonchev–Trinajstić information content (AvgIpc) is 2.69. The summed E-state index contributed by atoms with van der Waals surface area (Å²) in [6.45, 7) is 5.83. The number of hydrogen-bond acceptors (Lipinski definition) is 0. The summed E-state index contributed by atoms with van der Waals surface area (Å²) in [5, 5.41) is 0. The largest absolute Gasteiger partial charge is 0.206 e. The van der Waals surface area contributed by atoms with Crippen LogP contribution in [-0.2, 0) is 0 Å². The molecule has 27 heavy (non-hydrogen) atoms. The number of hydrogen-bond donors (Lipinski definition) is 0. The van der Waals surface area contributed by atoms with Crippen molar-refractivity contribution in [3.8, 4) is 11.1 Å². The van der Waals surface area contributed by atoms with E-state index in [-0.39, 0.29) is 5.56 Å². The number of halogens is 2. The fourth-order valence-electron chi connectivity index (χ4n) is 4.38. The fraction of sp³-hybridized carbons (Fsp3) is 0.440. The summed E-state index contributed by atoms with van der Waals surface area (Å²) in [6.07, 6.45) is 11.9. The first-order valence-electron chi connectivity index (χ1n) is 10.3. The molecule has 0 radical (unpaired) electrons. The molecule has 1 aliphatic rings. The zero-order valence-corrected chi connectivity index (χ0v) is 16.3. The third-order valence-electron chi connectivity index (χ3n) is 6.03. The van der Waals surface area contributed by atoms with E-state index in [1.165, 1.54) is 75.1 Å². The van der Waals surface area contributed by atoms with E-state index in [2.05, 4.69) is 25.6 Å².